The van der Waals surface area contributed by atoms with Gasteiger partial charge in [0.15, 0.2) is 0 Å². The van der Waals surface area contributed by atoms with Crippen molar-refractivity contribution in [1.29, 1.82) is 0 Å². The van der Waals surface area contributed by atoms with Gasteiger partial charge in [-0.15, -0.1) is 0 Å². The Bertz CT molecular complexity index is 389. The molecule has 0 saturated carbocycles. The molecule has 1 rings (SSSR count). The summed E-state index contributed by atoms with van der Waals surface area (Å²) in [6, 6.07) is 7.21. The van der Waals surface area contributed by atoms with Crippen LogP contribution in [0.1, 0.15) is 18.4 Å². The first-order valence-electron chi connectivity index (χ1n) is 4.91. The second-order valence-electron chi connectivity index (χ2n) is 3.66. The minimum absolute atomic E-state index is 0.0417. The lowest BCUT2D eigenvalue weighted by atomic mass is 10.0. The van der Waals surface area contributed by atoms with Crippen LogP contribution < -0.4 is 5.32 Å². The summed E-state index contributed by atoms with van der Waals surface area (Å²) >= 11 is 3.26. The van der Waals surface area contributed by atoms with Crippen LogP contribution in [-0.4, -0.2) is 18.6 Å². The van der Waals surface area contributed by atoms with Crippen molar-refractivity contribution in [3.8, 4) is 0 Å². The van der Waals surface area contributed by atoms with E-state index in [-0.39, 0.29) is 12.5 Å². The van der Waals surface area contributed by atoms with Gasteiger partial charge in [0.25, 0.3) is 0 Å². The highest BCUT2D eigenvalue weighted by molar-refractivity contribution is 9.10. The number of halogens is 4. The summed E-state index contributed by atoms with van der Waals surface area (Å²) in [6.45, 7) is 1.71. The first kappa shape index (κ1) is 14.0. The van der Waals surface area contributed by atoms with Crippen LogP contribution in [0, 0.1) is 0 Å². The molecule has 0 fully saturated rings. The Morgan fingerprint density at radius 2 is 1.88 bits per heavy atom. The standard InChI is InChI=1S/C11H11BrF3NO/c1-7(6-16-10(17)11(13,14)15)8-2-4-9(12)5-3-8/h2-5,7H,6H2,1H3,(H,16,17). The second kappa shape index (κ2) is 5.53. The average Bonchev–Trinajstić information content (AvgIpc) is 2.25. The van der Waals surface area contributed by atoms with Crippen molar-refractivity contribution in [2.45, 2.75) is 19.0 Å². The molecule has 0 spiro atoms. The molecule has 2 nitrogen and oxygen atoms in total. The largest absolute Gasteiger partial charge is 0.471 e. The van der Waals surface area contributed by atoms with E-state index in [4.69, 9.17) is 0 Å². The molecule has 1 N–H and O–H groups in total. The number of amides is 1. The Labute approximate surface area is 105 Å². The molecule has 0 aliphatic rings. The monoisotopic (exact) mass is 309 g/mol. The third kappa shape index (κ3) is 4.38. The van der Waals surface area contributed by atoms with Crippen LogP contribution in [0.3, 0.4) is 0 Å². The van der Waals surface area contributed by atoms with Gasteiger partial charge in [0.05, 0.1) is 0 Å². The SMILES string of the molecule is CC(CNC(=O)C(F)(F)F)c1ccc(Br)cc1. The summed E-state index contributed by atoms with van der Waals surface area (Å²) in [6.07, 6.45) is -4.82. The molecule has 1 atom stereocenters. The Hall–Kier alpha value is -1.04. The molecule has 17 heavy (non-hydrogen) atoms. The van der Waals surface area contributed by atoms with Crippen LogP contribution >= 0.6 is 15.9 Å². The summed E-state index contributed by atoms with van der Waals surface area (Å²) in [5.41, 5.74) is 0.871. The van der Waals surface area contributed by atoms with Crippen molar-refractivity contribution in [2.24, 2.45) is 0 Å². The fourth-order valence-corrected chi connectivity index (χ4v) is 1.52. The molecule has 1 unspecified atom stereocenters. The molecule has 1 amide bonds. The van der Waals surface area contributed by atoms with Gasteiger partial charge in [-0.25, -0.2) is 0 Å². The van der Waals surface area contributed by atoms with Crippen LogP contribution in [0.4, 0.5) is 13.2 Å². The number of alkyl halides is 3. The lowest BCUT2D eigenvalue weighted by molar-refractivity contribution is -0.173. The number of benzene rings is 1. The fraction of sp³-hybridized carbons (Fsp3) is 0.364. The summed E-state index contributed by atoms with van der Waals surface area (Å²) in [5.74, 6) is -2.07. The minimum Gasteiger partial charge on any atom is -0.348 e. The number of carbonyl (C=O) groups is 1. The van der Waals surface area contributed by atoms with Crippen LogP contribution in [0.5, 0.6) is 0 Å². The highest BCUT2D eigenvalue weighted by Crippen LogP contribution is 2.19. The molecular formula is C11H11BrF3NO. The smallest absolute Gasteiger partial charge is 0.348 e. The molecule has 0 heterocycles. The van der Waals surface area contributed by atoms with Crippen LogP contribution in [0.15, 0.2) is 28.7 Å². The maximum absolute atomic E-state index is 11.9. The summed E-state index contributed by atoms with van der Waals surface area (Å²) in [7, 11) is 0. The Balaban J connectivity index is 2.53. The lowest BCUT2D eigenvalue weighted by Crippen LogP contribution is -2.38. The van der Waals surface area contributed by atoms with Crippen molar-refractivity contribution in [3.63, 3.8) is 0 Å². The molecule has 1 aromatic carbocycles. The van der Waals surface area contributed by atoms with Gasteiger partial charge in [-0.3, -0.25) is 4.79 Å². The topological polar surface area (TPSA) is 29.1 Å². The molecule has 0 radical (unpaired) electrons. The van der Waals surface area contributed by atoms with E-state index in [0.29, 0.717) is 0 Å². The summed E-state index contributed by atoms with van der Waals surface area (Å²) < 4.78 is 36.7. The summed E-state index contributed by atoms with van der Waals surface area (Å²) in [4.78, 5) is 10.6. The van der Waals surface area contributed by atoms with E-state index < -0.39 is 12.1 Å². The molecule has 0 aromatic heterocycles. The van der Waals surface area contributed by atoms with Crippen molar-refractivity contribution >= 4 is 21.8 Å². The predicted molar refractivity (Wildman–Crippen MR) is 61.6 cm³/mol. The van der Waals surface area contributed by atoms with E-state index in [1.54, 1.807) is 31.2 Å². The Morgan fingerprint density at radius 3 is 2.35 bits per heavy atom. The van der Waals surface area contributed by atoms with E-state index in [2.05, 4.69) is 15.9 Å². The van der Waals surface area contributed by atoms with Crippen molar-refractivity contribution in [2.75, 3.05) is 6.54 Å². The van der Waals surface area contributed by atoms with E-state index in [9.17, 15) is 18.0 Å². The van der Waals surface area contributed by atoms with Gasteiger partial charge < -0.3 is 5.32 Å². The van der Waals surface area contributed by atoms with Crippen molar-refractivity contribution in [3.05, 3.63) is 34.3 Å². The molecule has 6 heteroatoms. The van der Waals surface area contributed by atoms with E-state index in [1.807, 2.05) is 5.32 Å². The average molecular weight is 310 g/mol. The minimum atomic E-state index is -4.82. The van der Waals surface area contributed by atoms with E-state index >= 15 is 0 Å². The van der Waals surface area contributed by atoms with Gasteiger partial charge >= 0.3 is 12.1 Å². The van der Waals surface area contributed by atoms with Crippen LogP contribution in [0.25, 0.3) is 0 Å². The third-order valence-electron chi connectivity index (χ3n) is 2.27. The number of hydrogen-bond acceptors (Lipinski definition) is 1. The van der Waals surface area contributed by atoms with Gasteiger partial charge in [-0.1, -0.05) is 35.0 Å². The molecule has 94 valence electrons. The van der Waals surface area contributed by atoms with Gasteiger partial charge in [0, 0.05) is 11.0 Å². The Morgan fingerprint density at radius 1 is 1.35 bits per heavy atom. The lowest BCUT2D eigenvalue weighted by Gasteiger charge is -2.14. The van der Waals surface area contributed by atoms with Crippen molar-refractivity contribution in [1.82, 2.24) is 5.32 Å². The first-order chi connectivity index (χ1) is 7.80. The van der Waals surface area contributed by atoms with Gasteiger partial charge in [0.1, 0.15) is 0 Å². The summed E-state index contributed by atoms with van der Waals surface area (Å²) in [5, 5.41) is 1.86. The first-order valence-corrected chi connectivity index (χ1v) is 5.70. The zero-order chi connectivity index (χ0) is 13.1. The molecule has 0 bridgehead atoms. The molecule has 0 saturated heterocycles. The number of carbonyl (C=O) groups excluding carboxylic acids is 1. The van der Waals surface area contributed by atoms with Gasteiger partial charge in [-0.05, 0) is 23.6 Å². The van der Waals surface area contributed by atoms with Crippen molar-refractivity contribution < 1.29 is 18.0 Å². The highest BCUT2D eigenvalue weighted by atomic mass is 79.9. The van der Waals surface area contributed by atoms with E-state index in [0.717, 1.165) is 10.0 Å². The molecule has 0 aliphatic heterocycles. The quantitative estimate of drug-likeness (QED) is 0.912. The maximum atomic E-state index is 11.9. The molecule has 0 aliphatic carbocycles. The number of hydrogen-bond donors (Lipinski definition) is 1. The van der Waals surface area contributed by atoms with Crippen LogP contribution in [0.2, 0.25) is 0 Å². The zero-order valence-corrected chi connectivity index (χ0v) is 10.6. The fourth-order valence-electron chi connectivity index (χ4n) is 1.26. The Kier molecular flexibility index (Phi) is 4.56. The zero-order valence-electron chi connectivity index (χ0n) is 9.01. The van der Waals surface area contributed by atoms with E-state index in [1.165, 1.54) is 0 Å². The maximum Gasteiger partial charge on any atom is 0.471 e. The number of nitrogens with one attached hydrogen (secondary N) is 1. The van der Waals surface area contributed by atoms with Gasteiger partial charge in [-0.2, -0.15) is 13.2 Å². The normalized spacial score (nSPS) is 13.2. The molecule has 1 aromatic rings. The predicted octanol–water partition coefficient (Wildman–Crippen LogP) is 3.23. The van der Waals surface area contributed by atoms with Gasteiger partial charge in [0.2, 0.25) is 0 Å². The third-order valence-corrected chi connectivity index (χ3v) is 2.79. The van der Waals surface area contributed by atoms with Crippen LogP contribution in [-0.2, 0) is 4.79 Å². The highest BCUT2D eigenvalue weighted by Gasteiger charge is 2.38. The molecular weight excluding hydrogens is 299 g/mol. The number of rotatable bonds is 3. The second-order valence-corrected chi connectivity index (χ2v) is 4.58.